The quantitative estimate of drug-likeness (QED) is 0.757. The third kappa shape index (κ3) is 3.80. The zero-order valence-electron chi connectivity index (χ0n) is 14.8. The monoisotopic (exact) mass is 349 g/mol. The normalized spacial score (nSPS) is 10.4. The van der Waals surface area contributed by atoms with E-state index in [9.17, 15) is 9.59 Å². The lowest BCUT2D eigenvalue weighted by Gasteiger charge is -2.10. The van der Waals surface area contributed by atoms with E-state index >= 15 is 0 Å². The average molecular weight is 349 g/mol. The van der Waals surface area contributed by atoms with Crippen molar-refractivity contribution in [3.8, 4) is 17.1 Å². The molecule has 0 atom stereocenters. The number of carbonyl (C=O) groups excluding carboxylic acids is 1. The van der Waals surface area contributed by atoms with Crippen LogP contribution in [0.5, 0.6) is 5.75 Å². The van der Waals surface area contributed by atoms with Gasteiger partial charge in [-0.15, -0.1) is 0 Å². The summed E-state index contributed by atoms with van der Waals surface area (Å²) in [5, 5.41) is 2.85. The van der Waals surface area contributed by atoms with Crippen LogP contribution in [0.1, 0.15) is 21.6 Å². The molecule has 0 saturated heterocycles. The molecule has 1 amide bonds. The SMILES string of the molecule is COc1cc(C(=O)Nc2cccc(-c3nc(C)cc(=O)[nH]3)c2)ccc1C. The number of nitrogens with one attached hydrogen (secondary N) is 2. The van der Waals surface area contributed by atoms with E-state index in [0.29, 0.717) is 34.1 Å². The fourth-order valence-electron chi connectivity index (χ4n) is 2.62. The van der Waals surface area contributed by atoms with Crippen LogP contribution in [-0.4, -0.2) is 23.0 Å². The highest BCUT2D eigenvalue weighted by atomic mass is 16.5. The van der Waals surface area contributed by atoms with E-state index in [4.69, 9.17) is 4.74 Å². The Bertz CT molecular complexity index is 1020. The van der Waals surface area contributed by atoms with E-state index in [0.717, 1.165) is 5.56 Å². The van der Waals surface area contributed by atoms with E-state index in [1.165, 1.54) is 6.07 Å². The molecule has 26 heavy (non-hydrogen) atoms. The molecule has 2 aromatic carbocycles. The number of aryl methyl sites for hydroxylation is 2. The van der Waals surface area contributed by atoms with Crippen molar-refractivity contribution in [2.24, 2.45) is 0 Å². The Kier molecular flexibility index (Phi) is 4.84. The van der Waals surface area contributed by atoms with Gasteiger partial charge in [-0.2, -0.15) is 0 Å². The lowest BCUT2D eigenvalue weighted by Crippen LogP contribution is -2.12. The van der Waals surface area contributed by atoms with E-state index in [1.54, 1.807) is 44.4 Å². The van der Waals surface area contributed by atoms with Crippen molar-refractivity contribution in [1.29, 1.82) is 0 Å². The van der Waals surface area contributed by atoms with Crippen LogP contribution in [0.25, 0.3) is 11.4 Å². The Balaban J connectivity index is 1.87. The van der Waals surface area contributed by atoms with Crippen LogP contribution in [0.2, 0.25) is 0 Å². The van der Waals surface area contributed by atoms with Crippen molar-refractivity contribution in [2.45, 2.75) is 13.8 Å². The molecule has 6 nitrogen and oxygen atoms in total. The van der Waals surface area contributed by atoms with Gasteiger partial charge in [0.2, 0.25) is 0 Å². The molecule has 0 fully saturated rings. The Hall–Kier alpha value is -3.41. The van der Waals surface area contributed by atoms with Gasteiger partial charge in [-0.3, -0.25) is 9.59 Å². The van der Waals surface area contributed by atoms with Gasteiger partial charge in [0, 0.05) is 28.6 Å². The Labute approximate surface area is 150 Å². The molecule has 1 heterocycles. The van der Waals surface area contributed by atoms with Gasteiger partial charge in [-0.25, -0.2) is 4.98 Å². The molecule has 0 aliphatic carbocycles. The Morgan fingerprint density at radius 2 is 1.92 bits per heavy atom. The number of amides is 1. The predicted octanol–water partition coefficient (Wildman–Crippen LogP) is 3.31. The summed E-state index contributed by atoms with van der Waals surface area (Å²) >= 11 is 0. The number of rotatable bonds is 4. The summed E-state index contributed by atoms with van der Waals surface area (Å²) in [7, 11) is 1.57. The number of aromatic amines is 1. The fourth-order valence-corrected chi connectivity index (χ4v) is 2.62. The second kappa shape index (κ2) is 7.23. The number of aromatic nitrogens is 2. The van der Waals surface area contributed by atoms with Gasteiger partial charge in [0.25, 0.3) is 11.5 Å². The summed E-state index contributed by atoms with van der Waals surface area (Å²) in [5.41, 5.74) is 3.19. The lowest BCUT2D eigenvalue weighted by atomic mass is 10.1. The number of hydrogen-bond acceptors (Lipinski definition) is 4. The van der Waals surface area contributed by atoms with Crippen LogP contribution in [0.4, 0.5) is 5.69 Å². The van der Waals surface area contributed by atoms with E-state index in [2.05, 4.69) is 15.3 Å². The van der Waals surface area contributed by atoms with Gasteiger partial charge in [0.15, 0.2) is 0 Å². The molecule has 1 aromatic heterocycles. The molecule has 0 unspecified atom stereocenters. The van der Waals surface area contributed by atoms with E-state index < -0.39 is 0 Å². The number of hydrogen-bond donors (Lipinski definition) is 2. The summed E-state index contributed by atoms with van der Waals surface area (Å²) in [6.45, 7) is 3.68. The van der Waals surface area contributed by atoms with Crippen molar-refractivity contribution in [1.82, 2.24) is 9.97 Å². The highest BCUT2D eigenvalue weighted by Gasteiger charge is 2.10. The number of carbonyl (C=O) groups is 1. The van der Waals surface area contributed by atoms with Crippen LogP contribution in [-0.2, 0) is 0 Å². The van der Waals surface area contributed by atoms with Gasteiger partial charge in [0.05, 0.1) is 7.11 Å². The largest absolute Gasteiger partial charge is 0.496 e. The summed E-state index contributed by atoms with van der Waals surface area (Å²) in [6.07, 6.45) is 0. The first-order valence-electron chi connectivity index (χ1n) is 8.10. The smallest absolute Gasteiger partial charge is 0.255 e. The fraction of sp³-hybridized carbons (Fsp3) is 0.150. The summed E-state index contributed by atoms with van der Waals surface area (Å²) in [6, 6.07) is 13.9. The second-order valence-corrected chi connectivity index (χ2v) is 5.95. The second-order valence-electron chi connectivity index (χ2n) is 5.95. The van der Waals surface area contributed by atoms with Gasteiger partial charge in [-0.1, -0.05) is 18.2 Å². The summed E-state index contributed by atoms with van der Waals surface area (Å²) in [5.74, 6) is 0.877. The summed E-state index contributed by atoms with van der Waals surface area (Å²) < 4.78 is 5.26. The molecule has 3 rings (SSSR count). The Morgan fingerprint density at radius 3 is 2.65 bits per heavy atom. The minimum atomic E-state index is -0.244. The standard InChI is InChI=1S/C20H19N3O3/c1-12-7-8-15(11-17(12)26-3)20(25)22-16-6-4-5-14(10-16)19-21-13(2)9-18(24)23-19/h4-11H,1-3H3,(H,22,25)(H,21,23,24). The van der Waals surface area contributed by atoms with Crippen LogP contribution >= 0.6 is 0 Å². The predicted molar refractivity (Wildman–Crippen MR) is 101 cm³/mol. The first-order valence-corrected chi connectivity index (χ1v) is 8.10. The van der Waals surface area contributed by atoms with Gasteiger partial charge in [0.1, 0.15) is 11.6 Å². The highest BCUT2D eigenvalue weighted by molar-refractivity contribution is 6.04. The van der Waals surface area contributed by atoms with Gasteiger partial charge in [-0.05, 0) is 43.7 Å². The van der Waals surface area contributed by atoms with Crippen molar-refractivity contribution in [2.75, 3.05) is 12.4 Å². The zero-order chi connectivity index (χ0) is 18.7. The topological polar surface area (TPSA) is 84.1 Å². The maximum absolute atomic E-state index is 12.5. The zero-order valence-corrected chi connectivity index (χ0v) is 14.8. The molecule has 0 spiro atoms. The first kappa shape index (κ1) is 17.4. The van der Waals surface area contributed by atoms with Crippen molar-refractivity contribution < 1.29 is 9.53 Å². The molecule has 3 aromatic rings. The highest BCUT2D eigenvalue weighted by Crippen LogP contribution is 2.22. The molecule has 6 heteroatoms. The van der Waals surface area contributed by atoms with Crippen LogP contribution in [0.3, 0.4) is 0 Å². The number of nitrogens with zero attached hydrogens (tertiary/aromatic N) is 1. The van der Waals surface area contributed by atoms with E-state index in [-0.39, 0.29) is 11.5 Å². The van der Waals surface area contributed by atoms with E-state index in [1.807, 2.05) is 19.1 Å². The van der Waals surface area contributed by atoms with Crippen molar-refractivity contribution in [3.05, 3.63) is 75.7 Å². The average Bonchev–Trinajstić information content (AvgIpc) is 2.61. The molecular formula is C20H19N3O3. The molecule has 0 aliphatic rings. The molecule has 0 aliphatic heterocycles. The van der Waals surface area contributed by atoms with Gasteiger partial charge < -0.3 is 15.0 Å². The number of benzene rings is 2. The third-order valence-corrected chi connectivity index (χ3v) is 3.93. The van der Waals surface area contributed by atoms with Gasteiger partial charge >= 0.3 is 0 Å². The molecule has 132 valence electrons. The summed E-state index contributed by atoms with van der Waals surface area (Å²) in [4.78, 5) is 31.2. The molecule has 0 radical (unpaired) electrons. The maximum atomic E-state index is 12.5. The molecule has 2 N–H and O–H groups in total. The third-order valence-electron chi connectivity index (χ3n) is 3.93. The Morgan fingerprint density at radius 1 is 1.12 bits per heavy atom. The van der Waals surface area contributed by atoms with Crippen LogP contribution < -0.4 is 15.6 Å². The first-order chi connectivity index (χ1) is 12.5. The number of H-pyrrole nitrogens is 1. The lowest BCUT2D eigenvalue weighted by molar-refractivity contribution is 0.102. The van der Waals surface area contributed by atoms with Crippen LogP contribution in [0, 0.1) is 13.8 Å². The van der Waals surface area contributed by atoms with Crippen LogP contribution in [0.15, 0.2) is 53.3 Å². The molecule has 0 saturated carbocycles. The number of methoxy groups -OCH3 is 1. The maximum Gasteiger partial charge on any atom is 0.255 e. The van der Waals surface area contributed by atoms with Crippen molar-refractivity contribution >= 4 is 11.6 Å². The minimum Gasteiger partial charge on any atom is -0.496 e. The molecular weight excluding hydrogens is 330 g/mol. The minimum absolute atomic E-state index is 0.214. The molecule has 0 bridgehead atoms. The number of anilines is 1. The van der Waals surface area contributed by atoms with Crippen molar-refractivity contribution in [3.63, 3.8) is 0 Å². The number of ether oxygens (including phenoxy) is 1.